The fourth-order valence-electron chi connectivity index (χ4n) is 3.65. The molecule has 1 unspecified atom stereocenters. The first-order valence-corrected chi connectivity index (χ1v) is 10.0. The van der Waals surface area contributed by atoms with Crippen LogP contribution in [-0.2, 0) is 11.2 Å². The molecule has 0 bridgehead atoms. The molecule has 0 spiro atoms. The number of rotatable bonds is 7. The van der Waals surface area contributed by atoms with Gasteiger partial charge in [0, 0.05) is 17.4 Å². The maximum Gasteiger partial charge on any atom is 0.0991 e. The van der Waals surface area contributed by atoms with Crippen LogP contribution in [-0.4, -0.2) is 37.0 Å². The molecule has 0 saturated carbocycles. The fourth-order valence-corrected chi connectivity index (χ4v) is 3.65. The molecule has 6 heteroatoms. The van der Waals surface area contributed by atoms with Crippen LogP contribution >= 0.6 is 0 Å². The van der Waals surface area contributed by atoms with Crippen molar-refractivity contribution in [1.29, 1.82) is 5.26 Å². The third-order valence-electron chi connectivity index (χ3n) is 5.41. The lowest BCUT2D eigenvalue weighted by Gasteiger charge is -2.30. The van der Waals surface area contributed by atoms with Crippen LogP contribution in [0.4, 0.5) is 11.4 Å². The van der Waals surface area contributed by atoms with E-state index in [-0.39, 0.29) is 0 Å². The minimum atomic E-state index is -1.19. The number of benzene rings is 2. The van der Waals surface area contributed by atoms with E-state index in [1.165, 1.54) is 0 Å². The molecule has 1 aliphatic heterocycles. The maximum absolute atomic E-state index is 11.9. The van der Waals surface area contributed by atoms with Gasteiger partial charge in [0.05, 0.1) is 23.6 Å². The Labute approximate surface area is 172 Å². The summed E-state index contributed by atoms with van der Waals surface area (Å²) in [4.78, 5) is 14.2. The van der Waals surface area contributed by atoms with Crippen molar-refractivity contribution in [3.05, 3.63) is 59.2 Å². The number of carbonyl (C=O) groups excluding carboxylic acids is 1. The lowest BCUT2D eigenvalue weighted by molar-refractivity contribution is -0.307. The Morgan fingerprint density at radius 3 is 2.48 bits per heavy atom. The van der Waals surface area contributed by atoms with Crippen molar-refractivity contribution < 1.29 is 9.90 Å². The molecule has 3 rings (SSSR count). The van der Waals surface area contributed by atoms with Crippen LogP contribution in [0.5, 0.6) is 0 Å². The van der Waals surface area contributed by atoms with Gasteiger partial charge in [-0.1, -0.05) is 13.0 Å². The first kappa shape index (κ1) is 20.7. The first-order valence-electron chi connectivity index (χ1n) is 10.0. The van der Waals surface area contributed by atoms with E-state index in [2.05, 4.69) is 41.6 Å². The number of anilines is 2. The van der Waals surface area contributed by atoms with E-state index in [1.54, 1.807) is 24.3 Å². The Balaban J connectivity index is 1.83. The average Bonchev–Trinajstić information content (AvgIpc) is 2.73. The molecule has 152 valence electrons. The summed E-state index contributed by atoms with van der Waals surface area (Å²) in [5.41, 5.74) is 3.83. The number of carboxylic acid groups (broad SMARTS) is 1. The Kier molecular flexibility index (Phi) is 6.73. The van der Waals surface area contributed by atoms with Gasteiger partial charge in [0.1, 0.15) is 0 Å². The minimum absolute atomic E-state index is 0.388. The van der Waals surface area contributed by atoms with Crippen molar-refractivity contribution in [2.45, 2.75) is 38.3 Å². The van der Waals surface area contributed by atoms with Crippen molar-refractivity contribution in [2.24, 2.45) is 0 Å². The van der Waals surface area contributed by atoms with Crippen LogP contribution in [0, 0.1) is 11.3 Å². The number of piperidine rings is 1. The Morgan fingerprint density at radius 2 is 1.90 bits per heavy atom. The van der Waals surface area contributed by atoms with Crippen molar-refractivity contribution in [3.63, 3.8) is 0 Å². The van der Waals surface area contributed by atoms with Crippen molar-refractivity contribution >= 4 is 17.3 Å². The topological polar surface area (TPSA) is 91.2 Å². The van der Waals surface area contributed by atoms with E-state index in [0.717, 1.165) is 43.6 Å². The summed E-state index contributed by atoms with van der Waals surface area (Å²) < 4.78 is 0. The van der Waals surface area contributed by atoms with Gasteiger partial charge < -0.3 is 25.4 Å². The molecule has 0 aromatic heterocycles. The number of nitrogens with zero attached hydrogens (tertiary/aromatic N) is 2. The number of aliphatic carboxylic acids is 1. The second kappa shape index (κ2) is 9.44. The van der Waals surface area contributed by atoms with E-state index in [4.69, 9.17) is 5.26 Å². The van der Waals surface area contributed by atoms with Crippen LogP contribution in [0.3, 0.4) is 0 Å². The van der Waals surface area contributed by atoms with Gasteiger partial charge in [0.25, 0.3) is 0 Å². The predicted octanol–water partition coefficient (Wildman–Crippen LogP) is 2.53. The highest BCUT2D eigenvalue weighted by atomic mass is 16.4. The highest BCUT2D eigenvalue weighted by Crippen LogP contribution is 2.26. The molecule has 1 heterocycles. The molecular weight excluding hydrogens is 364 g/mol. The summed E-state index contributed by atoms with van der Waals surface area (Å²) in [6, 6.07) is 14.1. The fraction of sp³-hybridized carbons (Fsp3) is 0.391. The Hall–Kier alpha value is -3.04. The van der Waals surface area contributed by atoms with Gasteiger partial charge in [-0.05, 0) is 86.9 Å². The smallest absolute Gasteiger partial charge is 0.0991 e. The number of nitriles is 1. The Morgan fingerprint density at radius 1 is 1.21 bits per heavy atom. The van der Waals surface area contributed by atoms with Gasteiger partial charge >= 0.3 is 0 Å². The van der Waals surface area contributed by atoms with Gasteiger partial charge in [-0.3, -0.25) is 0 Å². The normalized spacial score (nSPS) is 16.0. The van der Waals surface area contributed by atoms with Gasteiger partial charge in [-0.25, -0.2) is 0 Å². The quantitative estimate of drug-likeness (QED) is 0.754. The molecule has 2 aromatic carbocycles. The molecule has 1 atom stereocenters. The van der Waals surface area contributed by atoms with Crippen LogP contribution in [0.2, 0.25) is 0 Å². The zero-order valence-corrected chi connectivity index (χ0v) is 16.9. The SMILES string of the molecule is CCc1cc(NC2CCN(C)CC2)cc(C(Nc2ccc(C#N)cc2)C(=O)[O-])c1. The van der Waals surface area contributed by atoms with Gasteiger partial charge in [0.15, 0.2) is 0 Å². The largest absolute Gasteiger partial charge is 0.548 e. The molecule has 0 radical (unpaired) electrons. The summed E-state index contributed by atoms with van der Waals surface area (Å²) in [6.45, 7) is 4.17. The first-order chi connectivity index (χ1) is 14.0. The second-order valence-corrected chi connectivity index (χ2v) is 7.62. The standard InChI is InChI=1S/C23H28N4O2/c1-3-16-12-18(14-21(13-16)25-20-8-10-27(2)11-9-20)22(23(28)29)26-19-6-4-17(15-24)5-7-19/h4-7,12-14,20,22,25-26H,3,8-11H2,1-2H3,(H,28,29)/p-1. The second-order valence-electron chi connectivity index (χ2n) is 7.62. The number of hydrogen-bond donors (Lipinski definition) is 2. The molecule has 6 nitrogen and oxygen atoms in total. The van der Waals surface area contributed by atoms with E-state index >= 15 is 0 Å². The van der Waals surface area contributed by atoms with E-state index in [1.807, 2.05) is 12.1 Å². The van der Waals surface area contributed by atoms with Crippen LogP contribution < -0.4 is 15.7 Å². The molecule has 1 saturated heterocycles. The van der Waals surface area contributed by atoms with Crippen LogP contribution in [0.15, 0.2) is 42.5 Å². The van der Waals surface area contributed by atoms with E-state index in [0.29, 0.717) is 22.9 Å². The summed E-state index contributed by atoms with van der Waals surface area (Å²) in [5.74, 6) is -1.19. The maximum atomic E-state index is 11.9. The van der Waals surface area contributed by atoms with Gasteiger partial charge in [-0.2, -0.15) is 5.26 Å². The molecule has 2 aromatic rings. The minimum Gasteiger partial charge on any atom is -0.548 e. The molecule has 0 aliphatic carbocycles. The van der Waals surface area contributed by atoms with E-state index < -0.39 is 12.0 Å². The summed E-state index contributed by atoms with van der Waals surface area (Å²) in [5, 5.41) is 27.5. The molecule has 1 fully saturated rings. The third-order valence-corrected chi connectivity index (χ3v) is 5.41. The zero-order chi connectivity index (χ0) is 20.8. The zero-order valence-electron chi connectivity index (χ0n) is 16.9. The lowest BCUT2D eigenvalue weighted by Crippen LogP contribution is -2.37. The monoisotopic (exact) mass is 391 g/mol. The molecular formula is C23H27N4O2-. The number of aryl methyl sites for hydroxylation is 1. The van der Waals surface area contributed by atoms with E-state index in [9.17, 15) is 9.90 Å². The van der Waals surface area contributed by atoms with Crippen molar-refractivity contribution in [1.82, 2.24) is 4.90 Å². The molecule has 1 aliphatic rings. The lowest BCUT2D eigenvalue weighted by atomic mass is 9.99. The highest BCUT2D eigenvalue weighted by Gasteiger charge is 2.18. The van der Waals surface area contributed by atoms with Crippen molar-refractivity contribution in [3.8, 4) is 6.07 Å². The highest BCUT2D eigenvalue weighted by molar-refractivity contribution is 5.78. The average molecular weight is 391 g/mol. The number of likely N-dealkylation sites (tertiary alicyclic amines) is 1. The van der Waals surface area contributed by atoms with Gasteiger partial charge in [0.2, 0.25) is 0 Å². The van der Waals surface area contributed by atoms with Crippen LogP contribution in [0.25, 0.3) is 0 Å². The van der Waals surface area contributed by atoms with Crippen LogP contribution in [0.1, 0.15) is 42.5 Å². The Bertz CT molecular complexity index is 881. The molecule has 29 heavy (non-hydrogen) atoms. The molecule has 2 N–H and O–H groups in total. The molecule has 0 amide bonds. The number of carboxylic acids is 1. The number of nitrogens with one attached hydrogen (secondary N) is 2. The van der Waals surface area contributed by atoms with Crippen molar-refractivity contribution in [2.75, 3.05) is 30.8 Å². The third kappa shape index (κ3) is 5.49. The summed E-state index contributed by atoms with van der Waals surface area (Å²) in [7, 11) is 2.13. The predicted molar refractivity (Wildman–Crippen MR) is 112 cm³/mol. The number of hydrogen-bond acceptors (Lipinski definition) is 6. The number of carbonyl (C=O) groups is 1. The van der Waals surface area contributed by atoms with Gasteiger partial charge in [-0.15, -0.1) is 0 Å². The summed E-state index contributed by atoms with van der Waals surface area (Å²) in [6.07, 6.45) is 2.94. The summed E-state index contributed by atoms with van der Waals surface area (Å²) >= 11 is 0.